The van der Waals surface area contributed by atoms with E-state index in [0.717, 1.165) is 5.56 Å². The van der Waals surface area contributed by atoms with E-state index in [2.05, 4.69) is 36.8 Å². The fraction of sp³-hybridized carbons (Fsp3) is 0.308. The summed E-state index contributed by atoms with van der Waals surface area (Å²) < 4.78 is 0. The number of hydrogen-bond donors (Lipinski definition) is 3. The number of rotatable bonds is 1. The Morgan fingerprint density at radius 3 is 2.32 bits per heavy atom. The van der Waals surface area contributed by atoms with Gasteiger partial charge in [0.2, 0.25) is 5.96 Å². The first-order valence-electron chi connectivity index (χ1n) is 5.72. The number of benzene rings is 1. The Hall–Kier alpha value is -2.55. The van der Waals surface area contributed by atoms with Crippen LogP contribution in [0.25, 0.3) is 0 Å². The highest BCUT2D eigenvalue weighted by Gasteiger charge is 2.15. The third-order valence-corrected chi connectivity index (χ3v) is 2.46. The summed E-state index contributed by atoms with van der Waals surface area (Å²) in [6.07, 6.45) is 0. The zero-order valence-electron chi connectivity index (χ0n) is 11.3. The van der Waals surface area contributed by atoms with Gasteiger partial charge in [-0.15, -0.1) is 0 Å². The van der Waals surface area contributed by atoms with Crippen LogP contribution in [0.5, 0.6) is 0 Å². The molecule has 0 aliphatic heterocycles. The maximum atomic E-state index is 9.16. The van der Waals surface area contributed by atoms with E-state index < -0.39 is 0 Å². The van der Waals surface area contributed by atoms with Gasteiger partial charge in [-0.25, -0.2) is 4.99 Å². The zero-order chi connectivity index (χ0) is 14.6. The Bertz CT molecular complexity index is 568. The topological polar surface area (TPSA) is 127 Å². The molecule has 0 radical (unpaired) electrons. The molecule has 1 rings (SSSR count). The highest BCUT2D eigenvalue weighted by Crippen LogP contribution is 2.27. The molecule has 0 aromatic heterocycles. The van der Waals surface area contributed by atoms with Crippen LogP contribution in [-0.4, -0.2) is 11.9 Å². The smallest absolute Gasteiger partial charge is 0.223 e. The van der Waals surface area contributed by atoms with Crippen LogP contribution in [0.2, 0.25) is 0 Å². The highest BCUT2D eigenvalue weighted by molar-refractivity contribution is 5.93. The lowest BCUT2D eigenvalue weighted by Gasteiger charge is -2.19. The van der Waals surface area contributed by atoms with Crippen LogP contribution in [0.4, 0.5) is 5.69 Å². The molecule has 6 N–H and O–H groups in total. The number of hydrogen-bond acceptors (Lipinski definition) is 2. The van der Waals surface area contributed by atoms with E-state index >= 15 is 0 Å². The third kappa shape index (κ3) is 4.00. The molecule has 0 atom stereocenters. The summed E-state index contributed by atoms with van der Waals surface area (Å²) in [6.45, 7) is 6.21. The molecule has 6 heteroatoms. The van der Waals surface area contributed by atoms with Crippen molar-refractivity contribution in [2.24, 2.45) is 27.2 Å². The number of nitrogens with two attached hydrogens (primary N) is 3. The van der Waals surface area contributed by atoms with Crippen LogP contribution in [0.1, 0.15) is 31.9 Å². The number of guanidine groups is 2. The first kappa shape index (κ1) is 14.5. The quantitative estimate of drug-likeness (QED) is 0.514. The molecule has 19 heavy (non-hydrogen) atoms. The van der Waals surface area contributed by atoms with Crippen molar-refractivity contribution in [1.29, 1.82) is 5.26 Å². The lowest BCUT2D eigenvalue weighted by molar-refractivity contribution is 0.590. The van der Waals surface area contributed by atoms with E-state index in [1.54, 1.807) is 12.1 Å². The second-order valence-electron chi connectivity index (χ2n) is 5.10. The Labute approximate surface area is 112 Å². The van der Waals surface area contributed by atoms with Gasteiger partial charge in [-0.3, -0.25) is 0 Å². The molecule has 0 heterocycles. The molecule has 0 aliphatic carbocycles. The first-order valence-corrected chi connectivity index (χ1v) is 5.72. The van der Waals surface area contributed by atoms with Gasteiger partial charge < -0.3 is 17.2 Å². The summed E-state index contributed by atoms with van der Waals surface area (Å²) >= 11 is 0. The van der Waals surface area contributed by atoms with E-state index in [0.29, 0.717) is 11.3 Å². The van der Waals surface area contributed by atoms with Crippen LogP contribution in [0.3, 0.4) is 0 Å². The van der Waals surface area contributed by atoms with Gasteiger partial charge in [-0.1, -0.05) is 26.8 Å². The molecule has 0 aliphatic rings. The van der Waals surface area contributed by atoms with Crippen LogP contribution >= 0.6 is 0 Å². The average molecular weight is 258 g/mol. The maximum Gasteiger partial charge on any atom is 0.223 e. The van der Waals surface area contributed by atoms with Gasteiger partial charge in [0.1, 0.15) is 6.07 Å². The molecular formula is C13H18N6. The second-order valence-corrected chi connectivity index (χ2v) is 5.10. The van der Waals surface area contributed by atoms with E-state index in [9.17, 15) is 0 Å². The number of nitrogens with zero attached hydrogens (tertiary/aromatic N) is 3. The van der Waals surface area contributed by atoms with E-state index in [1.807, 2.05) is 6.07 Å². The van der Waals surface area contributed by atoms with Crippen molar-refractivity contribution in [3.63, 3.8) is 0 Å². The van der Waals surface area contributed by atoms with Gasteiger partial charge in [-0.05, 0) is 23.1 Å². The van der Waals surface area contributed by atoms with Crippen molar-refractivity contribution in [1.82, 2.24) is 0 Å². The molecule has 0 amide bonds. The fourth-order valence-electron chi connectivity index (χ4n) is 1.47. The molecule has 100 valence electrons. The minimum atomic E-state index is -0.175. The normalized spacial score (nSPS) is 11.8. The lowest BCUT2D eigenvalue weighted by atomic mass is 9.86. The maximum absolute atomic E-state index is 9.16. The minimum absolute atomic E-state index is 0.0424. The first-order chi connectivity index (χ1) is 8.74. The Morgan fingerprint density at radius 1 is 1.21 bits per heavy atom. The predicted molar refractivity (Wildman–Crippen MR) is 76.9 cm³/mol. The molecule has 0 bridgehead atoms. The molecule has 0 saturated carbocycles. The van der Waals surface area contributed by atoms with Gasteiger partial charge in [0, 0.05) is 0 Å². The molecule has 0 spiro atoms. The summed E-state index contributed by atoms with van der Waals surface area (Å²) in [5.41, 5.74) is 17.8. The van der Waals surface area contributed by atoms with Gasteiger partial charge in [-0.2, -0.15) is 10.3 Å². The van der Waals surface area contributed by atoms with E-state index in [4.69, 9.17) is 22.5 Å². The second kappa shape index (κ2) is 5.40. The summed E-state index contributed by atoms with van der Waals surface area (Å²) in [6, 6.07) is 7.52. The molecular weight excluding hydrogens is 240 g/mol. The SMILES string of the molecule is CC(C)(C)c1ccc(N=C(N)N=C(N)N)c(C#N)c1. The van der Waals surface area contributed by atoms with E-state index in [1.165, 1.54) is 0 Å². The largest absolute Gasteiger partial charge is 0.370 e. The zero-order valence-corrected chi connectivity index (χ0v) is 11.3. The predicted octanol–water partition coefficient (Wildman–Crippen LogP) is 1.08. The van der Waals surface area contributed by atoms with Crippen molar-refractivity contribution in [2.75, 3.05) is 0 Å². The molecule has 0 unspecified atom stereocenters. The summed E-state index contributed by atoms with van der Waals surface area (Å²) in [4.78, 5) is 7.63. The van der Waals surface area contributed by atoms with Crippen molar-refractivity contribution >= 4 is 17.6 Å². The Kier molecular flexibility index (Phi) is 4.12. The van der Waals surface area contributed by atoms with Crippen LogP contribution < -0.4 is 17.2 Å². The molecule has 0 fully saturated rings. The Morgan fingerprint density at radius 2 is 1.84 bits per heavy atom. The highest BCUT2D eigenvalue weighted by atomic mass is 15.1. The molecule has 1 aromatic rings. The third-order valence-electron chi connectivity index (χ3n) is 2.46. The average Bonchev–Trinajstić information content (AvgIpc) is 2.26. The number of aliphatic imine (C=N–C) groups is 2. The van der Waals surface area contributed by atoms with Crippen LogP contribution in [-0.2, 0) is 5.41 Å². The standard InChI is InChI=1S/C13H18N6/c1-13(2,3)9-4-5-10(8(6-9)7-14)18-12(17)19-11(15)16/h4-6H,1-3H3,(H6,15,16,17,18,19). The van der Waals surface area contributed by atoms with Crippen molar-refractivity contribution < 1.29 is 0 Å². The lowest BCUT2D eigenvalue weighted by Crippen LogP contribution is -2.26. The van der Waals surface area contributed by atoms with Crippen LogP contribution in [0, 0.1) is 11.3 Å². The Balaban J connectivity index is 3.26. The van der Waals surface area contributed by atoms with Crippen molar-refractivity contribution in [3.8, 4) is 6.07 Å². The molecule has 1 aromatic carbocycles. The van der Waals surface area contributed by atoms with Gasteiger partial charge in [0.05, 0.1) is 11.3 Å². The van der Waals surface area contributed by atoms with Crippen LogP contribution in [0.15, 0.2) is 28.2 Å². The van der Waals surface area contributed by atoms with E-state index in [-0.39, 0.29) is 17.3 Å². The van der Waals surface area contributed by atoms with Gasteiger partial charge >= 0.3 is 0 Å². The summed E-state index contributed by atoms with van der Waals surface area (Å²) in [5.74, 6) is -0.258. The van der Waals surface area contributed by atoms with Crippen molar-refractivity contribution in [2.45, 2.75) is 26.2 Å². The number of nitriles is 1. The fourth-order valence-corrected chi connectivity index (χ4v) is 1.47. The molecule has 6 nitrogen and oxygen atoms in total. The minimum Gasteiger partial charge on any atom is -0.370 e. The summed E-state index contributed by atoms with van der Waals surface area (Å²) in [7, 11) is 0. The van der Waals surface area contributed by atoms with Gasteiger partial charge in [0.25, 0.3) is 0 Å². The monoisotopic (exact) mass is 258 g/mol. The molecule has 0 saturated heterocycles. The summed E-state index contributed by atoms with van der Waals surface area (Å²) in [5, 5.41) is 9.16. The van der Waals surface area contributed by atoms with Gasteiger partial charge in [0.15, 0.2) is 5.96 Å². The van der Waals surface area contributed by atoms with Crippen molar-refractivity contribution in [3.05, 3.63) is 29.3 Å².